The molecule has 0 aliphatic carbocycles. The number of fused-ring (bicyclic) bond motifs is 1. The highest BCUT2D eigenvalue weighted by molar-refractivity contribution is 14.1. The van der Waals surface area contributed by atoms with Crippen LogP contribution in [0.5, 0.6) is 5.75 Å². The zero-order valence-corrected chi connectivity index (χ0v) is 15.1. The third-order valence-corrected chi connectivity index (χ3v) is 5.31. The molecule has 1 aliphatic heterocycles. The van der Waals surface area contributed by atoms with Crippen molar-refractivity contribution < 1.29 is 9.13 Å². The minimum atomic E-state index is -0.315. The first-order valence-corrected chi connectivity index (χ1v) is 8.82. The summed E-state index contributed by atoms with van der Waals surface area (Å²) in [6.45, 7) is 8.33. The van der Waals surface area contributed by atoms with Crippen LogP contribution in [0.1, 0.15) is 38.8 Å². The van der Waals surface area contributed by atoms with E-state index >= 15 is 0 Å². The quantitative estimate of drug-likeness (QED) is 0.310. The molecule has 1 atom stereocenters. The smallest absolute Gasteiger partial charge is 0.135 e. The highest BCUT2D eigenvalue weighted by Gasteiger charge is 2.36. The second-order valence-corrected chi connectivity index (χ2v) is 8.63. The highest BCUT2D eigenvalue weighted by atomic mass is 127. The summed E-state index contributed by atoms with van der Waals surface area (Å²) in [7, 11) is 0. The first-order valence-electron chi connectivity index (χ1n) is 6.52. The Balaban J connectivity index is 2.28. The van der Waals surface area contributed by atoms with Gasteiger partial charge in [-0.05, 0) is 51.8 Å². The Kier molecular flexibility index (Phi) is 4.69. The van der Waals surface area contributed by atoms with Gasteiger partial charge < -0.3 is 4.74 Å². The van der Waals surface area contributed by atoms with Gasteiger partial charge in [-0.2, -0.15) is 0 Å². The van der Waals surface area contributed by atoms with Crippen LogP contribution in [-0.2, 0) is 6.42 Å². The second-order valence-electron chi connectivity index (χ2n) is 6.24. The Morgan fingerprint density at radius 2 is 2.20 bits per heavy atom. The van der Waals surface area contributed by atoms with Crippen LogP contribution in [0.2, 0.25) is 0 Å². The minimum absolute atomic E-state index is 0.0667. The van der Waals surface area contributed by atoms with Crippen molar-refractivity contribution in [2.45, 2.75) is 44.5 Å². The fourth-order valence-corrected chi connectivity index (χ4v) is 2.89. The van der Waals surface area contributed by atoms with E-state index in [1.165, 1.54) is 18.0 Å². The van der Waals surface area contributed by atoms with Gasteiger partial charge in [0.2, 0.25) is 0 Å². The van der Waals surface area contributed by atoms with Crippen LogP contribution in [0.25, 0.3) is 0 Å². The maximum Gasteiger partial charge on any atom is 0.135 e. The molecule has 0 amide bonds. The van der Waals surface area contributed by atoms with Gasteiger partial charge >= 0.3 is 0 Å². The summed E-state index contributed by atoms with van der Waals surface area (Å²) in [6.07, 6.45) is 2.39. The van der Waals surface area contributed by atoms with Gasteiger partial charge in [-0.1, -0.05) is 22.6 Å². The third-order valence-electron chi connectivity index (χ3n) is 2.93. The van der Waals surface area contributed by atoms with Crippen molar-refractivity contribution in [3.05, 3.63) is 29.1 Å². The summed E-state index contributed by atoms with van der Waals surface area (Å²) in [4.78, 5) is 0. The maximum absolute atomic E-state index is 13.9. The van der Waals surface area contributed by atoms with Crippen molar-refractivity contribution in [1.29, 1.82) is 0 Å². The van der Waals surface area contributed by atoms with Crippen LogP contribution in [0, 0.1) is 5.82 Å². The number of rotatable bonds is 3. The fourth-order valence-electron chi connectivity index (χ4n) is 1.98. The highest BCUT2D eigenvalue weighted by Crippen LogP contribution is 2.40. The van der Waals surface area contributed by atoms with E-state index in [1.54, 1.807) is 12.3 Å². The molecular weight excluding hydrogens is 388 g/mol. The molecule has 1 unspecified atom stereocenters. The van der Waals surface area contributed by atoms with Gasteiger partial charge in [-0.3, -0.25) is 0 Å². The van der Waals surface area contributed by atoms with E-state index in [-0.39, 0.29) is 16.2 Å². The molecular formula is C15H19FINOS. The SMILES string of the molecule is CC1(CI)Cc2c(F)ccc(C=NSC(C)(C)C)c2O1. The fraction of sp³-hybridized carbons (Fsp3) is 0.533. The van der Waals surface area contributed by atoms with Gasteiger partial charge in [0.1, 0.15) is 17.2 Å². The van der Waals surface area contributed by atoms with Crippen LogP contribution in [0.15, 0.2) is 16.5 Å². The largest absolute Gasteiger partial charge is 0.485 e. The average Bonchev–Trinajstić information content (AvgIpc) is 2.71. The molecule has 0 saturated heterocycles. The normalized spacial score (nSPS) is 22.1. The van der Waals surface area contributed by atoms with E-state index in [0.717, 1.165) is 9.99 Å². The number of benzene rings is 1. The number of hydrogen-bond donors (Lipinski definition) is 0. The van der Waals surface area contributed by atoms with E-state index in [0.29, 0.717) is 17.7 Å². The standard InChI is InChI=1S/C15H19FINOS/c1-14(2,3)20-18-8-10-5-6-12(16)11-7-15(4,9-17)19-13(10)11/h5-6,8H,7,9H2,1-4H3. The first-order chi connectivity index (χ1) is 9.24. The monoisotopic (exact) mass is 407 g/mol. The molecule has 2 nitrogen and oxygen atoms in total. The van der Waals surface area contributed by atoms with Crippen LogP contribution < -0.4 is 4.74 Å². The predicted octanol–water partition coefficient (Wildman–Crippen LogP) is 4.82. The van der Waals surface area contributed by atoms with Crippen molar-refractivity contribution in [3.63, 3.8) is 0 Å². The Hall–Kier alpha value is -0.300. The predicted molar refractivity (Wildman–Crippen MR) is 93.0 cm³/mol. The molecule has 5 heteroatoms. The van der Waals surface area contributed by atoms with Gasteiger partial charge in [0.25, 0.3) is 0 Å². The summed E-state index contributed by atoms with van der Waals surface area (Å²) >= 11 is 3.78. The Morgan fingerprint density at radius 3 is 2.80 bits per heavy atom. The summed E-state index contributed by atoms with van der Waals surface area (Å²) < 4.78 is 25.2. The molecule has 1 aliphatic rings. The van der Waals surface area contributed by atoms with Gasteiger partial charge in [-0.25, -0.2) is 8.79 Å². The Labute approximate surface area is 137 Å². The molecule has 0 fully saturated rings. The number of ether oxygens (including phenoxy) is 1. The molecule has 0 saturated carbocycles. The number of halogens is 2. The lowest BCUT2D eigenvalue weighted by molar-refractivity contribution is 0.147. The van der Waals surface area contributed by atoms with Crippen molar-refractivity contribution >= 4 is 40.8 Å². The summed E-state index contributed by atoms with van der Waals surface area (Å²) in [5.74, 6) is 0.469. The molecule has 1 aromatic carbocycles. The summed E-state index contributed by atoms with van der Waals surface area (Å²) in [6, 6.07) is 3.24. The minimum Gasteiger partial charge on any atom is -0.485 e. The molecule has 110 valence electrons. The van der Waals surface area contributed by atoms with Gasteiger partial charge in [0.05, 0.1) is 0 Å². The van der Waals surface area contributed by atoms with Crippen LogP contribution >= 0.6 is 34.5 Å². The molecule has 1 aromatic rings. The maximum atomic E-state index is 13.9. The summed E-state index contributed by atoms with van der Waals surface area (Å²) in [5, 5.41) is 0. The number of alkyl halides is 1. The first kappa shape index (κ1) is 16.1. The lowest BCUT2D eigenvalue weighted by Gasteiger charge is -2.21. The van der Waals surface area contributed by atoms with E-state index in [9.17, 15) is 4.39 Å². The molecule has 0 radical (unpaired) electrons. The Bertz CT molecular complexity index is 541. The third kappa shape index (κ3) is 3.67. The van der Waals surface area contributed by atoms with Crippen molar-refractivity contribution in [3.8, 4) is 5.75 Å². The number of hydrogen-bond acceptors (Lipinski definition) is 3. The zero-order valence-electron chi connectivity index (χ0n) is 12.2. The van der Waals surface area contributed by atoms with Crippen LogP contribution in [0.3, 0.4) is 0 Å². The molecule has 0 bridgehead atoms. The van der Waals surface area contributed by atoms with Gasteiger partial charge in [-0.15, -0.1) is 0 Å². The zero-order chi connectivity index (χ0) is 15.0. The lowest BCUT2D eigenvalue weighted by Crippen LogP contribution is -2.32. The molecule has 20 heavy (non-hydrogen) atoms. The molecule has 1 heterocycles. The van der Waals surface area contributed by atoms with E-state index in [1.807, 2.05) is 6.92 Å². The van der Waals surface area contributed by atoms with Crippen LogP contribution in [-0.4, -0.2) is 21.0 Å². The average molecular weight is 407 g/mol. The van der Waals surface area contributed by atoms with Gasteiger partial charge in [0, 0.05) is 32.9 Å². The summed E-state index contributed by atoms with van der Waals surface area (Å²) in [5.41, 5.74) is 1.21. The van der Waals surface area contributed by atoms with E-state index < -0.39 is 0 Å². The molecule has 0 spiro atoms. The molecule has 0 N–H and O–H groups in total. The number of nitrogens with zero attached hydrogens (tertiary/aromatic N) is 1. The van der Waals surface area contributed by atoms with Crippen molar-refractivity contribution in [2.24, 2.45) is 4.40 Å². The van der Waals surface area contributed by atoms with Crippen LogP contribution in [0.4, 0.5) is 4.39 Å². The van der Waals surface area contributed by atoms with E-state index in [4.69, 9.17) is 4.74 Å². The van der Waals surface area contributed by atoms with E-state index in [2.05, 4.69) is 47.8 Å². The van der Waals surface area contributed by atoms with Gasteiger partial charge in [0.15, 0.2) is 0 Å². The topological polar surface area (TPSA) is 21.6 Å². The molecule has 0 aromatic heterocycles. The van der Waals surface area contributed by atoms with Crippen molar-refractivity contribution in [2.75, 3.05) is 4.43 Å². The second kappa shape index (κ2) is 5.83. The van der Waals surface area contributed by atoms with Crippen molar-refractivity contribution in [1.82, 2.24) is 0 Å². The Morgan fingerprint density at radius 1 is 1.50 bits per heavy atom. The lowest BCUT2D eigenvalue weighted by atomic mass is 10.00. The molecule has 2 rings (SSSR count).